The van der Waals surface area contributed by atoms with E-state index in [0.717, 1.165) is 58.5 Å². The standard InChI is InChI=1S/C21H34N4O/c1-3-11-23(2)21(26)19-7-5-12-25(17-19)20-8-13-24(14-9-20)16-18-6-4-10-22-15-18/h4,6,10,15,19-20H,3,5,7-9,11-14,16-17H2,1-2H3/t19-/m0/s1. The Bertz CT molecular complexity index is 556. The van der Waals surface area contributed by atoms with E-state index in [1.807, 2.05) is 30.4 Å². The van der Waals surface area contributed by atoms with Gasteiger partial charge in [0.1, 0.15) is 0 Å². The number of likely N-dealkylation sites (tertiary alicyclic amines) is 2. The van der Waals surface area contributed by atoms with Gasteiger partial charge >= 0.3 is 0 Å². The molecule has 3 rings (SSSR count). The van der Waals surface area contributed by atoms with Crippen molar-refractivity contribution in [2.75, 3.05) is 39.8 Å². The number of carbonyl (C=O) groups is 1. The van der Waals surface area contributed by atoms with E-state index in [2.05, 4.69) is 27.8 Å². The van der Waals surface area contributed by atoms with Crippen molar-refractivity contribution in [3.63, 3.8) is 0 Å². The molecule has 1 amide bonds. The highest BCUT2D eigenvalue weighted by atomic mass is 16.2. The lowest BCUT2D eigenvalue weighted by Crippen LogP contribution is -2.50. The Morgan fingerprint density at radius 1 is 1.27 bits per heavy atom. The van der Waals surface area contributed by atoms with Gasteiger partial charge in [-0.2, -0.15) is 0 Å². The van der Waals surface area contributed by atoms with Crippen LogP contribution in [0.25, 0.3) is 0 Å². The van der Waals surface area contributed by atoms with E-state index >= 15 is 0 Å². The third kappa shape index (κ3) is 5.04. The molecule has 0 bridgehead atoms. The first-order chi connectivity index (χ1) is 12.7. The smallest absolute Gasteiger partial charge is 0.226 e. The van der Waals surface area contributed by atoms with Gasteiger partial charge in [0.2, 0.25) is 5.91 Å². The summed E-state index contributed by atoms with van der Waals surface area (Å²) in [5.74, 6) is 0.555. The molecule has 2 fully saturated rings. The largest absolute Gasteiger partial charge is 0.345 e. The fraction of sp³-hybridized carbons (Fsp3) is 0.714. The first-order valence-electron chi connectivity index (χ1n) is 10.3. The summed E-state index contributed by atoms with van der Waals surface area (Å²) in [6.45, 7) is 8.42. The van der Waals surface area contributed by atoms with Crippen LogP contribution >= 0.6 is 0 Å². The van der Waals surface area contributed by atoms with Crippen LogP contribution in [-0.2, 0) is 11.3 Å². The second kappa shape index (κ2) is 9.47. The summed E-state index contributed by atoms with van der Waals surface area (Å²) >= 11 is 0. The summed E-state index contributed by atoms with van der Waals surface area (Å²) in [5.41, 5.74) is 1.30. The number of carbonyl (C=O) groups excluding carboxylic acids is 1. The van der Waals surface area contributed by atoms with Crippen LogP contribution in [0, 0.1) is 5.92 Å². The summed E-state index contributed by atoms with van der Waals surface area (Å²) in [6, 6.07) is 4.82. The Labute approximate surface area is 158 Å². The number of pyridine rings is 1. The number of nitrogens with zero attached hydrogens (tertiary/aromatic N) is 4. The van der Waals surface area contributed by atoms with Gasteiger partial charge in [0, 0.05) is 45.1 Å². The van der Waals surface area contributed by atoms with Gasteiger partial charge in [0.15, 0.2) is 0 Å². The molecule has 144 valence electrons. The van der Waals surface area contributed by atoms with Gasteiger partial charge in [-0.05, 0) is 63.4 Å². The van der Waals surface area contributed by atoms with E-state index in [1.165, 1.54) is 18.4 Å². The Kier molecular flexibility index (Phi) is 7.03. The van der Waals surface area contributed by atoms with Gasteiger partial charge in [0.05, 0.1) is 5.92 Å². The van der Waals surface area contributed by atoms with E-state index in [9.17, 15) is 4.79 Å². The molecule has 26 heavy (non-hydrogen) atoms. The van der Waals surface area contributed by atoms with Crippen LogP contribution in [0.3, 0.4) is 0 Å². The Balaban J connectivity index is 1.47. The van der Waals surface area contributed by atoms with E-state index in [1.54, 1.807) is 0 Å². The second-order valence-electron chi connectivity index (χ2n) is 7.96. The van der Waals surface area contributed by atoms with Crippen LogP contribution in [0.1, 0.15) is 44.6 Å². The molecule has 0 aliphatic carbocycles. The minimum Gasteiger partial charge on any atom is -0.345 e. The van der Waals surface area contributed by atoms with Crippen molar-refractivity contribution in [2.24, 2.45) is 5.92 Å². The van der Waals surface area contributed by atoms with Crippen LogP contribution in [0.4, 0.5) is 0 Å². The van der Waals surface area contributed by atoms with E-state index in [0.29, 0.717) is 11.9 Å². The fourth-order valence-corrected chi connectivity index (χ4v) is 4.49. The van der Waals surface area contributed by atoms with Crippen molar-refractivity contribution in [2.45, 2.75) is 51.6 Å². The minimum absolute atomic E-state index is 0.203. The van der Waals surface area contributed by atoms with Crippen molar-refractivity contribution in [1.82, 2.24) is 19.7 Å². The normalized spacial score (nSPS) is 23.1. The maximum absolute atomic E-state index is 12.7. The number of aromatic nitrogens is 1. The molecule has 5 nitrogen and oxygen atoms in total. The maximum Gasteiger partial charge on any atom is 0.226 e. The molecule has 0 aromatic carbocycles. The highest BCUT2D eigenvalue weighted by Gasteiger charge is 2.32. The van der Waals surface area contributed by atoms with Crippen molar-refractivity contribution in [3.8, 4) is 0 Å². The molecule has 1 aromatic heterocycles. The fourth-order valence-electron chi connectivity index (χ4n) is 4.49. The molecule has 3 heterocycles. The zero-order valence-corrected chi connectivity index (χ0v) is 16.4. The lowest BCUT2D eigenvalue weighted by atomic mass is 9.93. The summed E-state index contributed by atoms with van der Waals surface area (Å²) < 4.78 is 0. The number of hydrogen-bond acceptors (Lipinski definition) is 4. The zero-order chi connectivity index (χ0) is 18.4. The predicted octanol–water partition coefficient (Wildman–Crippen LogP) is 2.63. The van der Waals surface area contributed by atoms with Gasteiger partial charge in [0.25, 0.3) is 0 Å². The number of amides is 1. The first-order valence-corrected chi connectivity index (χ1v) is 10.3. The molecule has 2 aliphatic heterocycles. The van der Waals surface area contributed by atoms with Crippen molar-refractivity contribution in [1.29, 1.82) is 0 Å². The molecule has 1 atom stereocenters. The van der Waals surface area contributed by atoms with Gasteiger partial charge in [-0.25, -0.2) is 0 Å². The van der Waals surface area contributed by atoms with Gasteiger partial charge in [-0.1, -0.05) is 13.0 Å². The maximum atomic E-state index is 12.7. The summed E-state index contributed by atoms with van der Waals surface area (Å²) in [7, 11) is 1.96. The molecule has 2 saturated heterocycles. The number of piperidine rings is 2. The molecule has 0 saturated carbocycles. The van der Waals surface area contributed by atoms with E-state index in [-0.39, 0.29) is 5.92 Å². The van der Waals surface area contributed by atoms with Crippen molar-refractivity contribution >= 4 is 5.91 Å². The number of hydrogen-bond donors (Lipinski definition) is 0. The quantitative estimate of drug-likeness (QED) is 0.784. The lowest BCUT2D eigenvalue weighted by molar-refractivity contribution is -0.136. The average molecular weight is 359 g/mol. The van der Waals surface area contributed by atoms with E-state index < -0.39 is 0 Å². The van der Waals surface area contributed by atoms with Gasteiger partial charge in [-0.15, -0.1) is 0 Å². The van der Waals surface area contributed by atoms with Crippen LogP contribution in [0.5, 0.6) is 0 Å². The predicted molar refractivity (Wildman–Crippen MR) is 105 cm³/mol. The zero-order valence-electron chi connectivity index (χ0n) is 16.4. The Morgan fingerprint density at radius 2 is 2.08 bits per heavy atom. The van der Waals surface area contributed by atoms with E-state index in [4.69, 9.17) is 0 Å². The van der Waals surface area contributed by atoms with Crippen molar-refractivity contribution in [3.05, 3.63) is 30.1 Å². The highest BCUT2D eigenvalue weighted by molar-refractivity contribution is 5.78. The van der Waals surface area contributed by atoms with Crippen LogP contribution in [-0.4, -0.2) is 71.4 Å². The number of rotatable bonds is 6. The second-order valence-corrected chi connectivity index (χ2v) is 7.96. The molecule has 5 heteroatoms. The molecule has 0 unspecified atom stereocenters. The first kappa shape index (κ1) is 19.3. The molecule has 2 aliphatic rings. The summed E-state index contributed by atoms with van der Waals surface area (Å²) in [6.07, 6.45) is 9.49. The highest BCUT2D eigenvalue weighted by Crippen LogP contribution is 2.25. The molecule has 0 radical (unpaired) electrons. The monoisotopic (exact) mass is 358 g/mol. The molecular weight excluding hydrogens is 324 g/mol. The average Bonchev–Trinajstić information content (AvgIpc) is 2.69. The summed E-state index contributed by atoms with van der Waals surface area (Å²) in [4.78, 5) is 24.0. The minimum atomic E-state index is 0.203. The van der Waals surface area contributed by atoms with Crippen LogP contribution in [0.15, 0.2) is 24.5 Å². The van der Waals surface area contributed by atoms with Gasteiger partial charge in [-0.3, -0.25) is 19.6 Å². The lowest BCUT2D eigenvalue weighted by Gasteiger charge is -2.42. The Morgan fingerprint density at radius 3 is 2.77 bits per heavy atom. The third-order valence-electron chi connectivity index (χ3n) is 5.94. The summed E-state index contributed by atoms with van der Waals surface area (Å²) in [5, 5.41) is 0. The Hall–Kier alpha value is -1.46. The molecular formula is C21H34N4O. The van der Waals surface area contributed by atoms with Crippen LogP contribution in [0.2, 0.25) is 0 Å². The SMILES string of the molecule is CCCN(C)C(=O)[C@H]1CCCN(C2CCN(Cc3cccnc3)CC2)C1. The third-order valence-corrected chi connectivity index (χ3v) is 5.94. The topological polar surface area (TPSA) is 39.7 Å². The van der Waals surface area contributed by atoms with Crippen LogP contribution < -0.4 is 0 Å². The molecule has 1 aromatic rings. The molecule has 0 N–H and O–H groups in total. The molecule has 0 spiro atoms. The van der Waals surface area contributed by atoms with Crippen molar-refractivity contribution < 1.29 is 4.79 Å². The van der Waals surface area contributed by atoms with Gasteiger partial charge < -0.3 is 4.90 Å².